The molecule has 0 saturated heterocycles. The maximum absolute atomic E-state index is 4.37. The van der Waals surface area contributed by atoms with Crippen molar-refractivity contribution in [2.24, 2.45) is 0 Å². The van der Waals surface area contributed by atoms with E-state index in [1.807, 2.05) is 25.1 Å². The molecule has 0 aliphatic rings. The van der Waals surface area contributed by atoms with Crippen molar-refractivity contribution in [2.45, 2.75) is 19.9 Å². The fourth-order valence-corrected chi connectivity index (χ4v) is 2.48. The zero-order valence-corrected chi connectivity index (χ0v) is 13.3. The van der Waals surface area contributed by atoms with Gasteiger partial charge in [0.2, 0.25) is 0 Å². The van der Waals surface area contributed by atoms with E-state index in [9.17, 15) is 0 Å². The molecule has 94 valence electrons. The van der Waals surface area contributed by atoms with Gasteiger partial charge in [0, 0.05) is 21.3 Å². The van der Waals surface area contributed by atoms with Gasteiger partial charge in [-0.05, 0) is 48.0 Å². The summed E-state index contributed by atoms with van der Waals surface area (Å²) in [4.78, 5) is 8.63. The standard InChI is InChI=1S/C13H13Br2N3/c1-8-13(17-6-5-16-8)9(2)18-12-7-10(14)3-4-11(12)15/h3-7,9,18H,1-2H3. The minimum absolute atomic E-state index is 0.101. The first-order valence-electron chi connectivity index (χ1n) is 5.57. The molecule has 2 aromatic rings. The van der Waals surface area contributed by atoms with Crippen LogP contribution < -0.4 is 5.32 Å². The van der Waals surface area contributed by atoms with Gasteiger partial charge in [-0.1, -0.05) is 15.9 Å². The number of rotatable bonds is 3. The number of nitrogens with one attached hydrogen (secondary N) is 1. The Morgan fingerprint density at radius 1 is 1.17 bits per heavy atom. The highest BCUT2D eigenvalue weighted by Gasteiger charge is 2.11. The number of aromatic nitrogens is 2. The summed E-state index contributed by atoms with van der Waals surface area (Å²) in [5, 5.41) is 3.43. The van der Waals surface area contributed by atoms with Gasteiger partial charge in [-0.25, -0.2) is 0 Å². The Kier molecular flexibility index (Phi) is 4.35. The lowest BCUT2D eigenvalue weighted by atomic mass is 10.2. The molecule has 1 aromatic heterocycles. The average molecular weight is 371 g/mol. The van der Waals surface area contributed by atoms with Crippen LogP contribution in [0.1, 0.15) is 24.4 Å². The molecule has 1 heterocycles. The summed E-state index contributed by atoms with van der Waals surface area (Å²) in [6.07, 6.45) is 3.43. The monoisotopic (exact) mass is 369 g/mol. The van der Waals surface area contributed by atoms with Crippen molar-refractivity contribution in [1.29, 1.82) is 0 Å². The van der Waals surface area contributed by atoms with Crippen molar-refractivity contribution >= 4 is 37.5 Å². The maximum atomic E-state index is 4.37. The molecule has 0 aliphatic heterocycles. The Hall–Kier alpha value is -0.940. The second-order valence-electron chi connectivity index (χ2n) is 4.02. The number of benzene rings is 1. The smallest absolute Gasteiger partial charge is 0.0835 e. The van der Waals surface area contributed by atoms with E-state index in [-0.39, 0.29) is 6.04 Å². The van der Waals surface area contributed by atoms with Crippen LogP contribution in [0.15, 0.2) is 39.5 Å². The first kappa shape index (κ1) is 13.5. The summed E-state index contributed by atoms with van der Waals surface area (Å²) < 4.78 is 2.07. The van der Waals surface area contributed by atoms with Crippen LogP contribution in [0.5, 0.6) is 0 Å². The zero-order chi connectivity index (χ0) is 13.1. The first-order chi connectivity index (χ1) is 8.58. The molecule has 0 bridgehead atoms. The van der Waals surface area contributed by atoms with E-state index in [0.29, 0.717) is 0 Å². The predicted molar refractivity (Wildman–Crippen MR) is 80.6 cm³/mol. The van der Waals surface area contributed by atoms with Gasteiger partial charge in [-0.15, -0.1) is 0 Å². The highest BCUT2D eigenvalue weighted by Crippen LogP contribution is 2.29. The number of aryl methyl sites for hydroxylation is 1. The van der Waals surface area contributed by atoms with Gasteiger partial charge in [-0.3, -0.25) is 9.97 Å². The number of hydrogen-bond acceptors (Lipinski definition) is 3. The Morgan fingerprint density at radius 3 is 2.61 bits per heavy atom. The van der Waals surface area contributed by atoms with E-state index in [0.717, 1.165) is 26.0 Å². The van der Waals surface area contributed by atoms with Crippen LogP contribution in [0.2, 0.25) is 0 Å². The second kappa shape index (κ2) is 5.80. The summed E-state index contributed by atoms with van der Waals surface area (Å²) in [7, 11) is 0. The van der Waals surface area contributed by atoms with Gasteiger partial charge in [0.05, 0.1) is 23.1 Å². The van der Waals surface area contributed by atoms with E-state index in [1.165, 1.54) is 0 Å². The number of nitrogens with zero attached hydrogens (tertiary/aromatic N) is 2. The van der Waals surface area contributed by atoms with Crippen molar-refractivity contribution in [3.8, 4) is 0 Å². The van der Waals surface area contributed by atoms with Gasteiger partial charge in [-0.2, -0.15) is 0 Å². The molecule has 1 aromatic carbocycles. The summed E-state index contributed by atoms with van der Waals surface area (Å²) in [6.45, 7) is 4.04. The fourth-order valence-electron chi connectivity index (χ4n) is 1.75. The number of anilines is 1. The lowest BCUT2D eigenvalue weighted by Gasteiger charge is -2.17. The lowest BCUT2D eigenvalue weighted by Crippen LogP contribution is -2.11. The molecule has 0 aliphatic carbocycles. The third kappa shape index (κ3) is 3.09. The highest BCUT2D eigenvalue weighted by atomic mass is 79.9. The summed E-state index contributed by atoms with van der Waals surface area (Å²) in [5.41, 5.74) is 2.94. The maximum Gasteiger partial charge on any atom is 0.0835 e. The molecule has 0 fully saturated rings. The number of hydrogen-bond donors (Lipinski definition) is 1. The minimum atomic E-state index is 0.101. The van der Waals surface area contributed by atoms with Crippen molar-refractivity contribution in [1.82, 2.24) is 9.97 Å². The molecule has 0 radical (unpaired) electrons. The first-order valence-corrected chi connectivity index (χ1v) is 7.15. The SMILES string of the molecule is Cc1nccnc1C(C)Nc1cc(Br)ccc1Br. The lowest BCUT2D eigenvalue weighted by molar-refractivity contribution is 0.809. The van der Waals surface area contributed by atoms with Crippen molar-refractivity contribution in [3.63, 3.8) is 0 Å². The predicted octanol–water partition coefficient (Wildman–Crippen LogP) is 4.48. The van der Waals surface area contributed by atoms with Crippen LogP contribution in [0.3, 0.4) is 0 Å². The van der Waals surface area contributed by atoms with Gasteiger partial charge in [0.25, 0.3) is 0 Å². The Morgan fingerprint density at radius 2 is 1.89 bits per heavy atom. The molecule has 3 nitrogen and oxygen atoms in total. The van der Waals surface area contributed by atoms with Gasteiger partial charge in [0.1, 0.15) is 0 Å². The number of halogens is 2. The van der Waals surface area contributed by atoms with E-state index < -0.39 is 0 Å². The molecule has 0 saturated carbocycles. The molecule has 0 amide bonds. The van der Waals surface area contributed by atoms with Crippen LogP contribution in [-0.2, 0) is 0 Å². The Labute approximate surface area is 123 Å². The minimum Gasteiger partial charge on any atom is -0.376 e. The van der Waals surface area contributed by atoms with E-state index in [1.54, 1.807) is 12.4 Å². The topological polar surface area (TPSA) is 37.8 Å². The largest absolute Gasteiger partial charge is 0.376 e. The van der Waals surface area contributed by atoms with Crippen LogP contribution in [0, 0.1) is 6.92 Å². The molecule has 0 spiro atoms. The second-order valence-corrected chi connectivity index (χ2v) is 5.79. The van der Waals surface area contributed by atoms with Gasteiger partial charge >= 0.3 is 0 Å². The average Bonchev–Trinajstić information content (AvgIpc) is 2.34. The molecular weight excluding hydrogens is 358 g/mol. The Bertz CT molecular complexity index is 558. The van der Waals surface area contributed by atoms with Gasteiger partial charge < -0.3 is 5.32 Å². The third-order valence-electron chi connectivity index (χ3n) is 2.63. The Balaban J connectivity index is 2.24. The molecule has 5 heteroatoms. The zero-order valence-electron chi connectivity index (χ0n) is 10.1. The fraction of sp³-hybridized carbons (Fsp3) is 0.231. The highest BCUT2D eigenvalue weighted by molar-refractivity contribution is 9.11. The van der Waals surface area contributed by atoms with Crippen LogP contribution in [0.4, 0.5) is 5.69 Å². The summed E-state index contributed by atoms with van der Waals surface area (Å²) in [6, 6.07) is 6.13. The van der Waals surface area contributed by atoms with Crippen molar-refractivity contribution in [3.05, 3.63) is 50.9 Å². The normalized spacial score (nSPS) is 12.2. The van der Waals surface area contributed by atoms with Crippen LogP contribution in [-0.4, -0.2) is 9.97 Å². The van der Waals surface area contributed by atoms with Gasteiger partial charge in [0.15, 0.2) is 0 Å². The summed E-state index contributed by atoms with van der Waals surface area (Å²) >= 11 is 7.00. The molecule has 1 N–H and O–H groups in total. The van der Waals surface area contributed by atoms with Crippen molar-refractivity contribution < 1.29 is 0 Å². The third-order valence-corrected chi connectivity index (χ3v) is 3.81. The van der Waals surface area contributed by atoms with E-state index in [2.05, 4.69) is 54.1 Å². The molecule has 2 rings (SSSR count). The molecule has 1 unspecified atom stereocenters. The van der Waals surface area contributed by atoms with Crippen molar-refractivity contribution in [2.75, 3.05) is 5.32 Å². The molecular formula is C13H13Br2N3. The van der Waals surface area contributed by atoms with E-state index >= 15 is 0 Å². The quantitative estimate of drug-likeness (QED) is 0.865. The molecule has 18 heavy (non-hydrogen) atoms. The van der Waals surface area contributed by atoms with E-state index in [4.69, 9.17) is 0 Å². The summed E-state index contributed by atoms with van der Waals surface area (Å²) in [5.74, 6) is 0. The van der Waals surface area contributed by atoms with Crippen LogP contribution >= 0.6 is 31.9 Å². The van der Waals surface area contributed by atoms with Crippen LogP contribution in [0.25, 0.3) is 0 Å². The molecule has 1 atom stereocenters.